The van der Waals surface area contributed by atoms with Crippen molar-refractivity contribution >= 4 is 29.3 Å². The zero-order valence-electron chi connectivity index (χ0n) is 20.2. The van der Waals surface area contributed by atoms with Crippen molar-refractivity contribution in [2.45, 2.75) is 102 Å². The molecule has 4 fully saturated rings. The van der Waals surface area contributed by atoms with Gasteiger partial charge in [0.2, 0.25) is 0 Å². The summed E-state index contributed by atoms with van der Waals surface area (Å²) in [7, 11) is 0. The zero-order valence-corrected chi connectivity index (χ0v) is 20.2. The van der Waals surface area contributed by atoms with E-state index in [1.807, 2.05) is 6.92 Å². The van der Waals surface area contributed by atoms with Crippen molar-refractivity contribution in [3.63, 3.8) is 0 Å². The van der Waals surface area contributed by atoms with E-state index in [0.717, 1.165) is 43.1 Å². The minimum absolute atomic E-state index is 0.0154. The first-order valence-corrected chi connectivity index (χ1v) is 12.5. The van der Waals surface area contributed by atoms with Crippen molar-refractivity contribution in [3.05, 3.63) is 0 Å². The SMILES string of the molecule is C[C@]12CC[C@@H](O)C[C@H]1CC[C@@H]1[C@@H]2C(=O)C[C@@]2(C)[C@H]1CC[C@]2(O)C(=O)CO.[Li][CH](C)CC. The van der Waals surface area contributed by atoms with Crippen LogP contribution in [0.25, 0.3) is 0 Å². The van der Waals surface area contributed by atoms with Crippen molar-refractivity contribution in [2.24, 2.45) is 34.5 Å². The van der Waals surface area contributed by atoms with Crippen molar-refractivity contribution in [1.29, 1.82) is 0 Å². The van der Waals surface area contributed by atoms with Gasteiger partial charge in [0.05, 0.1) is 6.10 Å². The van der Waals surface area contributed by atoms with Crippen LogP contribution in [0, 0.1) is 34.5 Å². The molecule has 5 nitrogen and oxygen atoms in total. The molecule has 9 atom stereocenters. The third-order valence-corrected chi connectivity index (χ3v) is 9.90. The van der Waals surface area contributed by atoms with Crippen molar-refractivity contribution in [1.82, 2.24) is 0 Å². The van der Waals surface area contributed by atoms with Crippen molar-refractivity contribution in [3.8, 4) is 0 Å². The fourth-order valence-electron chi connectivity index (χ4n) is 7.64. The molecular weight excluding hydrogens is 387 g/mol. The number of hydrogen-bond acceptors (Lipinski definition) is 5. The van der Waals surface area contributed by atoms with Crippen LogP contribution < -0.4 is 0 Å². The predicted molar refractivity (Wildman–Crippen MR) is 121 cm³/mol. The molecule has 0 aromatic heterocycles. The second-order valence-corrected chi connectivity index (χ2v) is 11.8. The molecule has 0 spiro atoms. The standard InChI is InChI=1S/C21H32O5.C4H9.Li/c1-19-7-5-13(23)9-12(19)3-4-14-15-6-8-21(26,17(25)11-22)20(15,2)10-16(24)18(14)19;1-3-4-2;/h12-15,18,22-23,26H,3-11H2,1-2H3;3H,4H2,1-2H3;/t12-,13-,14+,15+,18-,19+,20+,21+;;/m1../s1. The number of fused-ring (bicyclic) bond motifs is 5. The topological polar surface area (TPSA) is 94.8 Å². The number of hydrogen-bond donors (Lipinski definition) is 3. The van der Waals surface area contributed by atoms with Gasteiger partial charge in [-0.05, 0) is 68.1 Å². The van der Waals surface area contributed by atoms with Crippen LogP contribution in [0.1, 0.15) is 85.5 Å². The second kappa shape index (κ2) is 9.22. The molecule has 4 saturated carbocycles. The minimum atomic E-state index is -1.58. The molecule has 1 unspecified atom stereocenters. The molecule has 0 saturated heterocycles. The van der Waals surface area contributed by atoms with E-state index >= 15 is 0 Å². The maximum atomic E-state index is 13.4. The zero-order chi connectivity index (χ0) is 23.2. The Morgan fingerprint density at radius 3 is 2.42 bits per heavy atom. The van der Waals surface area contributed by atoms with Crippen LogP contribution in [0.15, 0.2) is 0 Å². The summed E-state index contributed by atoms with van der Waals surface area (Å²) in [5.74, 6) is 0.380. The number of ketones is 2. The molecule has 0 bridgehead atoms. The Morgan fingerprint density at radius 2 is 1.84 bits per heavy atom. The van der Waals surface area contributed by atoms with Gasteiger partial charge in [-0.1, -0.05) is 13.8 Å². The summed E-state index contributed by atoms with van der Waals surface area (Å²) in [5.41, 5.74) is -2.40. The van der Waals surface area contributed by atoms with E-state index in [0.29, 0.717) is 12.3 Å². The average molecular weight is 429 g/mol. The molecule has 4 aliphatic rings. The van der Waals surface area contributed by atoms with E-state index in [1.54, 1.807) is 0 Å². The summed E-state index contributed by atoms with van der Waals surface area (Å²) in [4.78, 5) is 25.7. The third-order valence-electron chi connectivity index (χ3n) is 9.90. The van der Waals surface area contributed by atoms with Crippen LogP contribution in [-0.4, -0.2) is 62.9 Å². The normalized spacial score (nSPS) is 47.4. The summed E-state index contributed by atoms with van der Waals surface area (Å²) in [6.45, 7) is 7.88. The molecule has 4 rings (SSSR count). The molecule has 0 radical (unpaired) electrons. The summed E-state index contributed by atoms with van der Waals surface area (Å²) in [6.07, 6.45) is 6.78. The van der Waals surface area contributed by atoms with E-state index in [-0.39, 0.29) is 41.5 Å². The van der Waals surface area contributed by atoms with Gasteiger partial charge in [-0.2, -0.15) is 0 Å². The summed E-state index contributed by atoms with van der Waals surface area (Å²) in [6, 6.07) is 0. The van der Waals surface area contributed by atoms with Gasteiger partial charge in [0.1, 0.15) is 18.0 Å². The molecule has 0 amide bonds. The fourth-order valence-corrected chi connectivity index (χ4v) is 7.64. The summed E-state index contributed by atoms with van der Waals surface area (Å²) >= 11 is 2.22. The van der Waals surface area contributed by atoms with Gasteiger partial charge in [0.25, 0.3) is 0 Å². The Morgan fingerprint density at radius 1 is 1.19 bits per heavy atom. The number of rotatable bonds is 3. The molecule has 0 aromatic carbocycles. The van der Waals surface area contributed by atoms with Gasteiger partial charge in [0.15, 0.2) is 5.78 Å². The van der Waals surface area contributed by atoms with E-state index in [9.17, 15) is 24.9 Å². The predicted octanol–water partition coefficient (Wildman–Crippen LogP) is 3.23. The molecule has 0 heterocycles. The molecular formula is C25H41LiO5. The summed E-state index contributed by atoms with van der Waals surface area (Å²) in [5, 5.41) is 30.6. The number of aliphatic hydroxyl groups excluding tert-OH is 2. The number of carbonyl (C=O) groups is 2. The number of carbonyl (C=O) groups excluding carboxylic acids is 2. The van der Waals surface area contributed by atoms with Crippen LogP contribution in [0.4, 0.5) is 0 Å². The molecule has 31 heavy (non-hydrogen) atoms. The first-order chi connectivity index (χ1) is 14.4. The van der Waals surface area contributed by atoms with Gasteiger partial charge >= 0.3 is 42.6 Å². The molecule has 172 valence electrons. The van der Waals surface area contributed by atoms with E-state index in [1.165, 1.54) is 6.42 Å². The van der Waals surface area contributed by atoms with E-state index in [2.05, 4.69) is 38.5 Å². The third kappa shape index (κ3) is 4.12. The molecule has 0 aliphatic heterocycles. The number of Topliss-reactive ketones (excluding diaryl/α,β-unsaturated/α-hetero) is 2. The Hall–Kier alpha value is -0.183. The Bertz CT molecular complexity index is 695. The van der Waals surface area contributed by atoms with E-state index < -0.39 is 23.4 Å². The van der Waals surface area contributed by atoms with Gasteiger partial charge in [0, 0.05) is 17.8 Å². The van der Waals surface area contributed by atoms with Gasteiger partial charge in [-0.15, -0.1) is 0 Å². The van der Waals surface area contributed by atoms with Crippen LogP contribution in [-0.2, 0) is 9.59 Å². The first kappa shape index (κ1) is 25.4. The molecule has 3 N–H and O–H groups in total. The van der Waals surface area contributed by atoms with Crippen LogP contribution in [0.5, 0.6) is 0 Å². The first-order valence-electron chi connectivity index (χ1n) is 12.5. The molecule has 6 heteroatoms. The van der Waals surface area contributed by atoms with Crippen molar-refractivity contribution in [2.75, 3.05) is 6.61 Å². The average Bonchev–Trinajstić information content (AvgIpc) is 2.99. The number of aliphatic hydroxyl groups is 3. The summed E-state index contributed by atoms with van der Waals surface area (Å²) < 4.78 is 0.884. The van der Waals surface area contributed by atoms with Crippen LogP contribution in [0.3, 0.4) is 0 Å². The van der Waals surface area contributed by atoms with Gasteiger partial charge in [-0.3, -0.25) is 9.59 Å². The Labute approximate surface area is 197 Å². The second-order valence-electron chi connectivity index (χ2n) is 11.8. The van der Waals surface area contributed by atoms with Gasteiger partial charge in [-0.25, -0.2) is 0 Å². The Kier molecular flexibility index (Phi) is 7.57. The maximum absolute atomic E-state index is 13.4. The molecule has 4 aliphatic carbocycles. The van der Waals surface area contributed by atoms with E-state index in [4.69, 9.17) is 0 Å². The van der Waals surface area contributed by atoms with Crippen LogP contribution in [0.2, 0.25) is 4.59 Å². The van der Waals surface area contributed by atoms with Crippen molar-refractivity contribution < 1.29 is 24.9 Å². The molecule has 0 aromatic rings. The quantitative estimate of drug-likeness (QED) is 0.600. The van der Waals surface area contributed by atoms with Crippen LogP contribution >= 0.6 is 0 Å². The Balaban J connectivity index is 0.000000491. The monoisotopic (exact) mass is 428 g/mol. The van der Waals surface area contributed by atoms with Gasteiger partial charge < -0.3 is 15.3 Å². The fraction of sp³-hybridized carbons (Fsp3) is 0.920.